The van der Waals surface area contributed by atoms with E-state index in [1.807, 2.05) is 13.0 Å². The molecule has 1 rings (SSSR count). The van der Waals surface area contributed by atoms with Gasteiger partial charge in [-0.1, -0.05) is 29.8 Å². The Morgan fingerprint density at radius 2 is 2.14 bits per heavy atom. The molecular weight excluding hydrogens is 174 g/mol. The Bertz CT molecular complexity index is 294. The number of aryl methyl sites for hydroxylation is 1. The fraction of sp³-hybridized carbons (Fsp3) is 0.500. The zero-order chi connectivity index (χ0) is 10.6. The van der Waals surface area contributed by atoms with E-state index in [0.717, 1.165) is 6.42 Å². The second-order valence-corrected chi connectivity index (χ2v) is 4.03. The number of hydrogen-bond acceptors (Lipinski definition) is 2. The van der Waals surface area contributed by atoms with Gasteiger partial charge in [-0.25, -0.2) is 0 Å². The molecule has 0 fully saturated rings. The fourth-order valence-corrected chi connectivity index (χ4v) is 1.46. The molecule has 0 bridgehead atoms. The minimum atomic E-state index is -0.290. The van der Waals surface area contributed by atoms with Gasteiger partial charge in [-0.3, -0.25) is 0 Å². The van der Waals surface area contributed by atoms with Gasteiger partial charge in [0, 0.05) is 19.3 Å². The van der Waals surface area contributed by atoms with Gasteiger partial charge in [0.05, 0.1) is 0 Å². The SMILES string of the molecule is COCCC(C)(N)c1cccc(C)c1. The third-order valence-corrected chi connectivity index (χ3v) is 2.50. The first-order chi connectivity index (χ1) is 6.56. The van der Waals surface area contributed by atoms with Gasteiger partial charge in [0.25, 0.3) is 0 Å². The number of nitrogens with two attached hydrogens (primary N) is 1. The summed E-state index contributed by atoms with van der Waals surface area (Å²) >= 11 is 0. The molecule has 2 heteroatoms. The summed E-state index contributed by atoms with van der Waals surface area (Å²) in [5, 5.41) is 0. The van der Waals surface area contributed by atoms with E-state index in [0.29, 0.717) is 6.61 Å². The van der Waals surface area contributed by atoms with Gasteiger partial charge in [-0.2, -0.15) is 0 Å². The van der Waals surface area contributed by atoms with Crippen LogP contribution in [0.2, 0.25) is 0 Å². The molecule has 1 aromatic carbocycles. The van der Waals surface area contributed by atoms with Crippen LogP contribution in [0.4, 0.5) is 0 Å². The Kier molecular flexibility index (Phi) is 3.67. The highest BCUT2D eigenvalue weighted by Crippen LogP contribution is 2.22. The maximum Gasteiger partial charge on any atom is 0.0482 e. The van der Waals surface area contributed by atoms with Crippen molar-refractivity contribution in [3.8, 4) is 0 Å². The molecule has 1 unspecified atom stereocenters. The van der Waals surface area contributed by atoms with Crippen molar-refractivity contribution >= 4 is 0 Å². The van der Waals surface area contributed by atoms with Crippen LogP contribution >= 0.6 is 0 Å². The summed E-state index contributed by atoms with van der Waals surface area (Å²) in [6, 6.07) is 8.33. The largest absolute Gasteiger partial charge is 0.385 e. The maximum atomic E-state index is 6.21. The van der Waals surface area contributed by atoms with Crippen molar-refractivity contribution in [2.45, 2.75) is 25.8 Å². The molecule has 1 aromatic rings. The Morgan fingerprint density at radius 3 is 2.71 bits per heavy atom. The lowest BCUT2D eigenvalue weighted by atomic mass is 9.89. The number of methoxy groups -OCH3 is 1. The highest BCUT2D eigenvalue weighted by atomic mass is 16.5. The maximum absolute atomic E-state index is 6.21. The zero-order valence-electron chi connectivity index (χ0n) is 9.21. The summed E-state index contributed by atoms with van der Waals surface area (Å²) in [4.78, 5) is 0. The normalized spacial score (nSPS) is 15.1. The summed E-state index contributed by atoms with van der Waals surface area (Å²) in [5.74, 6) is 0. The molecule has 0 aromatic heterocycles. The fourth-order valence-electron chi connectivity index (χ4n) is 1.46. The molecule has 0 aliphatic heterocycles. The summed E-state index contributed by atoms with van der Waals surface area (Å²) in [7, 11) is 1.70. The first-order valence-electron chi connectivity index (χ1n) is 4.91. The lowest BCUT2D eigenvalue weighted by Gasteiger charge is -2.25. The standard InChI is InChI=1S/C12H19NO/c1-10-5-4-6-11(9-10)12(2,13)7-8-14-3/h4-6,9H,7-8,13H2,1-3H3. The van der Waals surface area contributed by atoms with E-state index < -0.39 is 0 Å². The molecule has 0 saturated heterocycles. The molecule has 1 atom stereocenters. The molecule has 0 aliphatic carbocycles. The molecule has 14 heavy (non-hydrogen) atoms. The van der Waals surface area contributed by atoms with E-state index in [9.17, 15) is 0 Å². The second-order valence-electron chi connectivity index (χ2n) is 4.03. The van der Waals surface area contributed by atoms with Crippen molar-refractivity contribution in [3.05, 3.63) is 35.4 Å². The van der Waals surface area contributed by atoms with Crippen LogP contribution in [0.5, 0.6) is 0 Å². The van der Waals surface area contributed by atoms with Gasteiger partial charge >= 0.3 is 0 Å². The van der Waals surface area contributed by atoms with E-state index >= 15 is 0 Å². The third-order valence-electron chi connectivity index (χ3n) is 2.50. The summed E-state index contributed by atoms with van der Waals surface area (Å²) in [6.45, 7) is 4.82. The van der Waals surface area contributed by atoms with E-state index in [1.54, 1.807) is 7.11 Å². The van der Waals surface area contributed by atoms with Crippen LogP contribution in [0.15, 0.2) is 24.3 Å². The number of ether oxygens (including phenoxy) is 1. The van der Waals surface area contributed by atoms with Crippen LogP contribution in [-0.2, 0) is 10.3 Å². The molecule has 2 N–H and O–H groups in total. The molecule has 0 saturated carbocycles. The van der Waals surface area contributed by atoms with Crippen LogP contribution in [0.1, 0.15) is 24.5 Å². The minimum Gasteiger partial charge on any atom is -0.385 e. The van der Waals surface area contributed by atoms with Crippen molar-refractivity contribution in [2.75, 3.05) is 13.7 Å². The van der Waals surface area contributed by atoms with Gasteiger partial charge < -0.3 is 10.5 Å². The van der Waals surface area contributed by atoms with Crippen molar-refractivity contribution in [1.82, 2.24) is 0 Å². The first kappa shape index (κ1) is 11.2. The molecule has 2 nitrogen and oxygen atoms in total. The average Bonchev–Trinajstić information content (AvgIpc) is 2.15. The van der Waals surface area contributed by atoms with E-state index in [2.05, 4.69) is 25.1 Å². The van der Waals surface area contributed by atoms with Crippen LogP contribution in [0.25, 0.3) is 0 Å². The van der Waals surface area contributed by atoms with E-state index in [1.165, 1.54) is 11.1 Å². The quantitative estimate of drug-likeness (QED) is 0.795. The first-order valence-corrected chi connectivity index (χ1v) is 4.91. The van der Waals surface area contributed by atoms with Crippen LogP contribution in [0, 0.1) is 6.92 Å². The lowest BCUT2D eigenvalue weighted by molar-refractivity contribution is 0.172. The van der Waals surface area contributed by atoms with Gasteiger partial charge in [-0.15, -0.1) is 0 Å². The average molecular weight is 193 g/mol. The Morgan fingerprint density at radius 1 is 1.43 bits per heavy atom. The van der Waals surface area contributed by atoms with Crippen molar-refractivity contribution < 1.29 is 4.74 Å². The van der Waals surface area contributed by atoms with Crippen LogP contribution < -0.4 is 5.73 Å². The highest BCUT2D eigenvalue weighted by molar-refractivity contribution is 5.27. The highest BCUT2D eigenvalue weighted by Gasteiger charge is 2.20. The topological polar surface area (TPSA) is 35.2 Å². The van der Waals surface area contributed by atoms with Crippen molar-refractivity contribution in [3.63, 3.8) is 0 Å². The molecule has 78 valence electrons. The molecule has 0 aliphatic rings. The molecule has 0 spiro atoms. The number of hydrogen-bond donors (Lipinski definition) is 1. The van der Waals surface area contributed by atoms with Crippen LogP contribution in [-0.4, -0.2) is 13.7 Å². The zero-order valence-corrected chi connectivity index (χ0v) is 9.21. The summed E-state index contributed by atoms with van der Waals surface area (Å²) < 4.78 is 5.05. The summed E-state index contributed by atoms with van der Waals surface area (Å²) in [5.41, 5.74) is 8.35. The Labute approximate surface area is 86.1 Å². The second kappa shape index (κ2) is 4.58. The van der Waals surface area contributed by atoms with E-state index in [-0.39, 0.29) is 5.54 Å². The predicted molar refractivity (Wildman–Crippen MR) is 59.2 cm³/mol. The predicted octanol–water partition coefficient (Wildman–Crippen LogP) is 2.21. The molecule has 0 radical (unpaired) electrons. The third kappa shape index (κ3) is 2.82. The summed E-state index contributed by atoms with van der Waals surface area (Å²) in [6.07, 6.45) is 0.840. The van der Waals surface area contributed by atoms with E-state index in [4.69, 9.17) is 10.5 Å². The monoisotopic (exact) mass is 193 g/mol. The van der Waals surface area contributed by atoms with Crippen molar-refractivity contribution in [2.24, 2.45) is 5.73 Å². The minimum absolute atomic E-state index is 0.290. The van der Waals surface area contributed by atoms with Crippen LogP contribution in [0.3, 0.4) is 0 Å². The molecule has 0 heterocycles. The van der Waals surface area contributed by atoms with Crippen molar-refractivity contribution in [1.29, 1.82) is 0 Å². The Balaban J connectivity index is 2.80. The smallest absolute Gasteiger partial charge is 0.0482 e. The van der Waals surface area contributed by atoms with Gasteiger partial charge in [0.2, 0.25) is 0 Å². The number of rotatable bonds is 4. The molecule has 0 amide bonds. The number of benzene rings is 1. The van der Waals surface area contributed by atoms with Gasteiger partial charge in [-0.05, 0) is 25.8 Å². The Hall–Kier alpha value is -0.860. The lowest BCUT2D eigenvalue weighted by Crippen LogP contribution is -2.34. The molecular formula is C12H19NO. The van der Waals surface area contributed by atoms with Gasteiger partial charge in [0.1, 0.15) is 0 Å². The van der Waals surface area contributed by atoms with Gasteiger partial charge in [0.15, 0.2) is 0 Å².